The topological polar surface area (TPSA) is 44.4 Å². The predicted octanol–water partition coefficient (Wildman–Crippen LogP) is 3.97. The van der Waals surface area contributed by atoms with Crippen molar-refractivity contribution in [2.75, 3.05) is 25.0 Å². The lowest BCUT2D eigenvalue weighted by Gasteiger charge is -2.29. The third-order valence-electron chi connectivity index (χ3n) is 4.00. The predicted molar refractivity (Wildman–Crippen MR) is 92.5 cm³/mol. The van der Waals surface area contributed by atoms with Crippen LogP contribution in [0.4, 0.5) is 10.5 Å². The largest absolute Gasteiger partial charge is 0.336 e. The lowest BCUT2D eigenvalue weighted by Crippen LogP contribution is -2.44. The molecule has 1 aliphatic heterocycles. The molecule has 1 unspecified atom stereocenters. The van der Waals surface area contributed by atoms with Gasteiger partial charge in [0.1, 0.15) is 0 Å². The van der Waals surface area contributed by atoms with Crippen LogP contribution in [0.15, 0.2) is 24.3 Å². The van der Waals surface area contributed by atoms with E-state index < -0.39 is 0 Å². The first-order chi connectivity index (χ1) is 10.5. The molecule has 2 N–H and O–H groups in total. The zero-order valence-electron chi connectivity index (χ0n) is 13.4. The Morgan fingerprint density at radius 1 is 1.23 bits per heavy atom. The van der Waals surface area contributed by atoms with Gasteiger partial charge in [-0.05, 0) is 62.5 Å². The van der Waals surface area contributed by atoms with Gasteiger partial charge in [-0.1, -0.05) is 25.4 Å². The van der Waals surface area contributed by atoms with E-state index in [-0.39, 0.29) is 6.03 Å². The molecule has 0 aromatic heterocycles. The van der Waals surface area contributed by atoms with Gasteiger partial charge in [-0.2, -0.15) is 0 Å². The molecule has 1 aromatic rings. The summed E-state index contributed by atoms with van der Waals surface area (Å²) in [5, 5.41) is 6.51. The van der Waals surface area contributed by atoms with E-state index in [0.717, 1.165) is 25.2 Å². The number of carbonyl (C=O) groups is 1. The van der Waals surface area contributed by atoms with E-state index in [1.165, 1.54) is 12.8 Å². The van der Waals surface area contributed by atoms with E-state index in [0.29, 0.717) is 23.5 Å². The second-order valence-corrected chi connectivity index (χ2v) is 6.80. The molecule has 1 atom stereocenters. The van der Waals surface area contributed by atoms with Crippen molar-refractivity contribution in [2.45, 2.75) is 39.2 Å². The SMILES string of the molecule is CC(C)CC(CNC(=O)Nc1ccc(Cl)cc1)N1CCCC1. The van der Waals surface area contributed by atoms with E-state index in [1.54, 1.807) is 24.3 Å². The normalized spacial score (nSPS) is 16.7. The van der Waals surface area contributed by atoms with Gasteiger partial charge in [-0.3, -0.25) is 4.90 Å². The standard InChI is InChI=1S/C17H26ClN3O/c1-13(2)11-16(21-9-3-4-10-21)12-19-17(22)20-15-7-5-14(18)6-8-15/h5-8,13,16H,3-4,9-12H2,1-2H3,(H2,19,20,22). The number of hydrogen-bond acceptors (Lipinski definition) is 2. The summed E-state index contributed by atoms with van der Waals surface area (Å²) in [6.07, 6.45) is 3.65. The maximum atomic E-state index is 12.0. The van der Waals surface area contributed by atoms with Crippen LogP contribution in [0, 0.1) is 5.92 Å². The van der Waals surface area contributed by atoms with Crippen molar-refractivity contribution in [1.29, 1.82) is 0 Å². The molecule has 1 heterocycles. The van der Waals surface area contributed by atoms with Crippen molar-refractivity contribution < 1.29 is 4.79 Å². The van der Waals surface area contributed by atoms with Crippen molar-refractivity contribution in [1.82, 2.24) is 10.2 Å². The number of nitrogens with one attached hydrogen (secondary N) is 2. The fourth-order valence-electron chi connectivity index (χ4n) is 2.93. The molecule has 2 rings (SSSR count). The number of amides is 2. The van der Waals surface area contributed by atoms with Crippen molar-refractivity contribution in [3.8, 4) is 0 Å². The minimum atomic E-state index is -0.157. The number of rotatable bonds is 6. The van der Waals surface area contributed by atoms with Gasteiger partial charge >= 0.3 is 6.03 Å². The average Bonchev–Trinajstić information content (AvgIpc) is 2.99. The Kier molecular flexibility index (Phi) is 6.52. The monoisotopic (exact) mass is 323 g/mol. The second kappa shape index (κ2) is 8.39. The van der Waals surface area contributed by atoms with Crippen LogP contribution in [0.25, 0.3) is 0 Å². The van der Waals surface area contributed by atoms with Gasteiger partial charge in [0.05, 0.1) is 0 Å². The zero-order chi connectivity index (χ0) is 15.9. The molecule has 0 bridgehead atoms. The molecule has 1 saturated heterocycles. The van der Waals surface area contributed by atoms with Crippen molar-refractivity contribution in [2.24, 2.45) is 5.92 Å². The number of carbonyl (C=O) groups excluding carboxylic acids is 1. The van der Waals surface area contributed by atoms with Crippen molar-refractivity contribution in [3.05, 3.63) is 29.3 Å². The molecule has 0 spiro atoms. The fourth-order valence-corrected chi connectivity index (χ4v) is 3.06. The lowest BCUT2D eigenvalue weighted by atomic mass is 10.0. The molecule has 22 heavy (non-hydrogen) atoms. The van der Waals surface area contributed by atoms with E-state index in [4.69, 9.17) is 11.6 Å². The van der Waals surface area contributed by atoms with Crippen LogP contribution >= 0.6 is 11.6 Å². The highest BCUT2D eigenvalue weighted by molar-refractivity contribution is 6.30. The summed E-state index contributed by atoms with van der Waals surface area (Å²) in [6.45, 7) is 7.46. The van der Waals surface area contributed by atoms with E-state index in [9.17, 15) is 4.79 Å². The van der Waals surface area contributed by atoms with Gasteiger partial charge in [0, 0.05) is 23.3 Å². The summed E-state index contributed by atoms with van der Waals surface area (Å²) in [4.78, 5) is 14.5. The molecular weight excluding hydrogens is 298 g/mol. The molecule has 1 fully saturated rings. The van der Waals surface area contributed by atoms with Gasteiger partial charge in [0.2, 0.25) is 0 Å². The Morgan fingerprint density at radius 3 is 2.45 bits per heavy atom. The summed E-state index contributed by atoms with van der Waals surface area (Å²) in [5.41, 5.74) is 0.753. The third kappa shape index (κ3) is 5.50. The first-order valence-electron chi connectivity index (χ1n) is 8.09. The fraction of sp³-hybridized carbons (Fsp3) is 0.588. The van der Waals surface area contributed by atoms with E-state index in [2.05, 4.69) is 29.4 Å². The first-order valence-corrected chi connectivity index (χ1v) is 8.47. The molecule has 0 saturated carbocycles. The van der Waals surface area contributed by atoms with Crippen LogP contribution in [-0.2, 0) is 0 Å². The molecular formula is C17H26ClN3O. The maximum Gasteiger partial charge on any atom is 0.319 e. The molecule has 4 nitrogen and oxygen atoms in total. The number of nitrogens with zero attached hydrogens (tertiary/aromatic N) is 1. The second-order valence-electron chi connectivity index (χ2n) is 6.37. The Bertz CT molecular complexity index is 469. The van der Waals surface area contributed by atoms with Gasteiger partial charge in [-0.25, -0.2) is 4.79 Å². The molecule has 0 aliphatic carbocycles. The van der Waals surface area contributed by atoms with E-state index >= 15 is 0 Å². The minimum Gasteiger partial charge on any atom is -0.336 e. The van der Waals surface area contributed by atoms with Crippen LogP contribution in [0.5, 0.6) is 0 Å². The number of anilines is 1. The van der Waals surface area contributed by atoms with E-state index in [1.807, 2.05) is 0 Å². The third-order valence-corrected chi connectivity index (χ3v) is 4.25. The van der Waals surface area contributed by atoms with Crippen LogP contribution in [0.1, 0.15) is 33.1 Å². The quantitative estimate of drug-likeness (QED) is 0.832. The maximum absolute atomic E-state index is 12.0. The van der Waals surface area contributed by atoms with Crippen LogP contribution in [0.3, 0.4) is 0 Å². The van der Waals surface area contributed by atoms with Crippen LogP contribution in [-0.4, -0.2) is 36.6 Å². The Morgan fingerprint density at radius 2 is 1.86 bits per heavy atom. The number of likely N-dealkylation sites (tertiary alicyclic amines) is 1. The lowest BCUT2D eigenvalue weighted by molar-refractivity contribution is 0.204. The highest BCUT2D eigenvalue weighted by atomic mass is 35.5. The summed E-state index contributed by atoms with van der Waals surface area (Å²) in [5.74, 6) is 0.631. The van der Waals surface area contributed by atoms with Crippen LogP contribution < -0.4 is 10.6 Å². The zero-order valence-corrected chi connectivity index (χ0v) is 14.2. The summed E-state index contributed by atoms with van der Waals surface area (Å²) in [6, 6.07) is 7.40. The minimum absolute atomic E-state index is 0.157. The Labute approximate surface area is 138 Å². The Balaban J connectivity index is 1.82. The van der Waals surface area contributed by atoms with Crippen molar-refractivity contribution >= 4 is 23.3 Å². The van der Waals surface area contributed by atoms with Crippen molar-refractivity contribution in [3.63, 3.8) is 0 Å². The molecule has 2 amide bonds. The van der Waals surface area contributed by atoms with Gasteiger partial charge in [0.15, 0.2) is 0 Å². The Hall–Kier alpha value is -1.26. The smallest absolute Gasteiger partial charge is 0.319 e. The highest BCUT2D eigenvalue weighted by Crippen LogP contribution is 2.17. The number of urea groups is 1. The molecule has 0 radical (unpaired) electrons. The number of hydrogen-bond donors (Lipinski definition) is 2. The summed E-state index contributed by atoms with van der Waals surface area (Å²) in [7, 11) is 0. The van der Waals surface area contributed by atoms with Gasteiger partial charge in [-0.15, -0.1) is 0 Å². The van der Waals surface area contributed by atoms with Crippen LogP contribution in [0.2, 0.25) is 5.02 Å². The molecule has 5 heteroatoms. The molecule has 122 valence electrons. The molecule has 1 aromatic carbocycles. The van der Waals surface area contributed by atoms with Gasteiger partial charge < -0.3 is 10.6 Å². The summed E-state index contributed by atoms with van der Waals surface area (Å²) >= 11 is 5.84. The number of halogens is 1. The number of benzene rings is 1. The molecule has 1 aliphatic rings. The highest BCUT2D eigenvalue weighted by Gasteiger charge is 2.23. The summed E-state index contributed by atoms with van der Waals surface area (Å²) < 4.78 is 0. The first kappa shape index (κ1) is 17.1. The van der Waals surface area contributed by atoms with Gasteiger partial charge in [0.25, 0.3) is 0 Å². The average molecular weight is 324 g/mol.